The number of hydrogen-bond acceptors (Lipinski definition) is 4. The molecule has 0 saturated heterocycles. The average molecular weight is 432 g/mol. The first-order valence-corrected chi connectivity index (χ1v) is 10.6. The van der Waals surface area contributed by atoms with Gasteiger partial charge in [0, 0.05) is 12.7 Å². The summed E-state index contributed by atoms with van der Waals surface area (Å²) in [6, 6.07) is 18.8. The largest absolute Gasteiger partial charge is 0.459 e. The quantitative estimate of drug-likeness (QED) is 0.493. The van der Waals surface area contributed by atoms with Gasteiger partial charge in [-0.05, 0) is 55.3 Å². The van der Waals surface area contributed by atoms with Gasteiger partial charge in [-0.25, -0.2) is 0 Å². The third-order valence-corrected chi connectivity index (χ3v) is 5.84. The number of benzene rings is 1. The molecule has 0 bridgehead atoms. The van der Waals surface area contributed by atoms with Crippen molar-refractivity contribution in [3.63, 3.8) is 0 Å². The summed E-state index contributed by atoms with van der Waals surface area (Å²) in [5, 5.41) is 3.33. The van der Waals surface area contributed by atoms with Gasteiger partial charge in [0.15, 0.2) is 5.76 Å². The summed E-state index contributed by atoms with van der Waals surface area (Å²) in [5.41, 5.74) is 3.66. The zero-order valence-electron chi connectivity index (χ0n) is 17.2. The molecule has 1 N–H and O–H groups in total. The van der Waals surface area contributed by atoms with Crippen LogP contribution in [0.4, 0.5) is 5.00 Å². The molecule has 156 valence electrons. The summed E-state index contributed by atoms with van der Waals surface area (Å²) >= 11 is 1.20. The fraction of sp³-hybridized carbons (Fsp3) is 0.125. The molecule has 4 rings (SSSR count). The Labute approximate surface area is 183 Å². The summed E-state index contributed by atoms with van der Waals surface area (Å²) in [7, 11) is 0. The van der Waals surface area contributed by atoms with E-state index in [9.17, 15) is 9.59 Å². The van der Waals surface area contributed by atoms with Gasteiger partial charge >= 0.3 is 0 Å². The third-order valence-electron chi connectivity index (χ3n) is 4.70. The summed E-state index contributed by atoms with van der Waals surface area (Å²) in [6.07, 6.45) is 3.34. The van der Waals surface area contributed by atoms with E-state index in [2.05, 4.69) is 34.6 Å². The molecule has 3 heterocycles. The highest BCUT2D eigenvalue weighted by molar-refractivity contribution is 7.18. The maximum absolute atomic E-state index is 12.9. The molecule has 0 spiro atoms. The van der Waals surface area contributed by atoms with E-state index in [4.69, 9.17) is 4.42 Å². The van der Waals surface area contributed by atoms with Crippen molar-refractivity contribution < 1.29 is 14.0 Å². The summed E-state index contributed by atoms with van der Waals surface area (Å²) in [5.74, 6) is -0.490. The Morgan fingerprint density at radius 3 is 2.61 bits per heavy atom. The molecule has 0 atom stereocenters. The van der Waals surface area contributed by atoms with E-state index in [1.807, 2.05) is 42.8 Å². The molecule has 0 aliphatic carbocycles. The molecule has 7 heteroatoms. The molecule has 0 fully saturated rings. The highest BCUT2D eigenvalue weighted by Gasteiger charge is 2.16. The lowest BCUT2D eigenvalue weighted by atomic mass is 10.1. The fourth-order valence-electron chi connectivity index (χ4n) is 3.08. The Kier molecular flexibility index (Phi) is 5.95. The van der Waals surface area contributed by atoms with E-state index in [1.165, 1.54) is 23.2 Å². The molecule has 31 heavy (non-hydrogen) atoms. The van der Waals surface area contributed by atoms with Crippen molar-refractivity contribution in [1.29, 1.82) is 0 Å². The first kappa shape index (κ1) is 20.6. The van der Waals surface area contributed by atoms with Crippen molar-refractivity contribution in [2.24, 2.45) is 4.99 Å². The van der Waals surface area contributed by atoms with Crippen LogP contribution in [0.15, 0.2) is 82.5 Å². The molecular formula is C24H21N3O3S. The van der Waals surface area contributed by atoms with E-state index in [0.29, 0.717) is 21.9 Å². The number of aryl methyl sites for hydroxylation is 2. The number of amides is 2. The predicted octanol–water partition coefficient (Wildman–Crippen LogP) is 4.80. The Morgan fingerprint density at radius 2 is 1.87 bits per heavy atom. The molecule has 0 aliphatic heterocycles. The normalized spacial score (nSPS) is 11.5. The minimum atomic E-state index is -0.360. The first-order chi connectivity index (χ1) is 15.0. The number of carbonyl (C=O) groups excluding carboxylic acids is 2. The van der Waals surface area contributed by atoms with Gasteiger partial charge in [0.1, 0.15) is 5.49 Å². The minimum Gasteiger partial charge on any atom is -0.459 e. The summed E-state index contributed by atoms with van der Waals surface area (Å²) in [4.78, 5) is 29.9. The van der Waals surface area contributed by atoms with Crippen molar-refractivity contribution in [2.45, 2.75) is 20.4 Å². The van der Waals surface area contributed by atoms with Crippen LogP contribution in [0.3, 0.4) is 0 Å². The average Bonchev–Trinajstić information content (AvgIpc) is 3.41. The zero-order valence-corrected chi connectivity index (χ0v) is 18.0. The number of anilines is 1. The van der Waals surface area contributed by atoms with Crippen LogP contribution in [-0.2, 0) is 6.54 Å². The molecule has 4 aromatic rings. The number of hydrogen-bond donors (Lipinski definition) is 1. The molecule has 0 unspecified atom stereocenters. The van der Waals surface area contributed by atoms with E-state index in [0.717, 1.165) is 11.1 Å². The Hall–Kier alpha value is -3.71. The van der Waals surface area contributed by atoms with Crippen molar-refractivity contribution in [2.75, 3.05) is 5.32 Å². The van der Waals surface area contributed by atoms with Crippen LogP contribution in [0.25, 0.3) is 0 Å². The number of pyridine rings is 1. The molecule has 3 aromatic heterocycles. The fourth-order valence-corrected chi connectivity index (χ4v) is 4.04. The first-order valence-electron chi connectivity index (χ1n) is 9.75. The monoisotopic (exact) mass is 431 g/mol. The number of nitrogens with one attached hydrogen (secondary N) is 1. The Morgan fingerprint density at radius 1 is 1.06 bits per heavy atom. The smallest absolute Gasteiger partial charge is 0.291 e. The van der Waals surface area contributed by atoms with Crippen LogP contribution < -0.4 is 10.8 Å². The van der Waals surface area contributed by atoms with Gasteiger partial charge in [-0.2, -0.15) is 4.99 Å². The van der Waals surface area contributed by atoms with E-state index >= 15 is 0 Å². The molecule has 0 radical (unpaired) electrons. The van der Waals surface area contributed by atoms with Gasteiger partial charge in [0.25, 0.3) is 11.8 Å². The molecule has 0 saturated carbocycles. The number of nitrogens with zero attached hydrogens (tertiary/aromatic N) is 2. The number of thiophene rings is 1. The van der Waals surface area contributed by atoms with E-state index in [-0.39, 0.29) is 17.6 Å². The second-order valence-electron chi connectivity index (χ2n) is 7.14. The minimum absolute atomic E-state index is 0.213. The highest BCUT2D eigenvalue weighted by Crippen LogP contribution is 2.27. The molecule has 6 nitrogen and oxygen atoms in total. The van der Waals surface area contributed by atoms with E-state index < -0.39 is 0 Å². The lowest BCUT2D eigenvalue weighted by molar-refractivity contribution is 0.0990. The maximum Gasteiger partial charge on any atom is 0.291 e. The van der Waals surface area contributed by atoms with Crippen molar-refractivity contribution in [1.82, 2.24) is 4.57 Å². The summed E-state index contributed by atoms with van der Waals surface area (Å²) in [6.45, 7) is 4.49. The van der Waals surface area contributed by atoms with Gasteiger partial charge in [0.2, 0.25) is 0 Å². The van der Waals surface area contributed by atoms with Gasteiger partial charge in [0.05, 0.1) is 16.1 Å². The topological polar surface area (TPSA) is 76.6 Å². The van der Waals surface area contributed by atoms with Crippen LogP contribution >= 0.6 is 11.3 Å². The van der Waals surface area contributed by atoms with Gasteiger partial charge < -0.3 is 14.3 Å². The Bertz CT molecular complexity index is 1280. The van der Waals surface area contributed by atoms with Crippen LogP contribution in [0.5, 0.6) is 0 Å². The standard InChI is InChI=1S/C24H21N3O3S/c1-16-8-10-18(11-9-16)15-27-12-4-3-7-20(27)25-24(29)22-17(2)14-21(31-22)26-23(28)19-6-5-13-30-19/h3-14H,15H2,1-2H3,(H,26,28). The van der Waals surface area contributed by atoms with Gasteiger partial charge in [-0.1, -0.05) is 35.9 Å². The number of aromatic nitrogens is 1. The summed E-state index contributed by atoms with van der Waals surface area (Å²) < 4.78 is 7.04. The van der Waals surface area contributed by atoms with Crippen molar-refractivity contribution in [3.05, 3.63) is 106 Å². The molecular weight excluding hydrogens is 410 g/mol. The van der Waals surface area contributed by atoms with Crippen LogP contribution in [0, 0.1) is 13.8 Å². The number of furan rings is 1. The second kappa shape index (κ2) is 8.97. The van der Waals surface area contributed by atoms with Crippen molar-refractivity contribution >= 4 is 28.2 Å². The van der Waals surface area contributed by atoms with Crippen molar-refractivity contribution in [3.8, 4) is 0 Å². The Balaban J connectivity index is 1.57. The highest BCUT2D eigenvalue weighted by atomic mass is 32.1. The maximum atomic E-state index is 12.9. The zero-order chi connectivity index (χ0) is 21.8. The number of rotatable bonds is 5. The lowest BCUT2D eigenvalue weighted by Crippen LogP contribution is -2.22. The number of carbonyl (C=O) groups is 2. The third kappa shape index (κ3) is 4.90. The van der Waals surface area contributed by atoms with Crippen LogP contribution in [-0.4, -0.2) is 16.4 Å². The van der Waals surface area contributed by atoms with Gasteiger partial charge in [-0.15, -0.1) is 11.3 Å². The SMILES string of the molecule is Cc1ccc(Cn2ccccc2=NC(=O)c2sc(NC(=O)c3ccco3)cc2C)cc1. The molecule has 2 amide bonds. The van der Waals surface area contributed by atoms with Gasteiger partial charge in [-0.3, -0.25) is 9.59 Å². The van der Waals surface area contributed by atoms with Crippen LogP contribution in [0.1, 0.15) is 36.9 Å². The predicted molar refractivity (Wildman–Crippen MR) is 120 cm³/mol. The van der Waals surface area contributed by atoms with E-state index in [1.54, 1.807) is 18.2 Å². The second-order valence-corrected chi connectivity index (χ2v) is 8.20. The molecule has 1 aromatic carbocycles. The molecule has 0 aliphatic rings. The lowest BCUT2D eigenvalue weighted by Gasteiger charge is -2.07. The van der Waals surface area contributed by atoms with Crippen LogP contribution in [0.2, 0.25) is 0 Å².